The number of aromatic nitrogens is 6. The van der Waals surface area contributed by atoms with E-state index >= 15 is 0 Å². The topological polar surface area (TPSA) is 144 Å². The molecule has 2 aliphatic heterocycles. The van der Waals surface area contributed by atoms with E-state index in [0.717, 1.165) is 57.2 Å². The summed E-state index contributed by atoms with van der Waals surface area (Å²) in [6.45, 7) is 7.99. The Bertz CT molecular complexity index is 2160. The molecule has 0 spiro atoms. The molecular formula is C40H45FN10O3. The lowest BCUT2D eigenvalue weighted by molar-refractivity contribution is -0.121. The number of pyridine rings is 2. The Morgan fingerprint density at radius 1 is 0.870 bits per heavy atom. The Morgan fingerprint density at radius 2 is 1.50 bits per heavy atom. The van der Waals surface area contributed by atoms with Crippen molar-refractivity contribution >= 4 is 34.8 Å². The third kappa shape index (κ3) is 6.20. The number of fused-ring (bicyclic) bond motifs is 2. The van der Waals surface area contributed by atoms with Crippen LogP contribution < -0.4 is 25.2 Å². The number of carbonyl (C=O) groups is 2. The highest BCUT2D eigenvalue weighted by Crippen LogP contribution is 2.43. The minimum absolute atomic E-state index is 0.0381. The van der Waals surface area contributed by atoms with E-state index in [9.17, 15) is 18.8 Å². The maximum absolute atomic E-state index is 14.4. The van der Waals surface area contributed by atoms with E-state index in [1.165, 1.54) is 29.4 Å². The second-order valence-electron chi connectivity index (χ2n) is 15.0. The molecule has 2 amide bonds. The molecule has 13 nitrogen and oxygen atoms in total. The predicted octanol–water partition coefficient (Wildman–Crippen LogP) is 5.81. The number of H-pyrrole nitrogens is 1. The summed E-state index contributed by atoms with van der Waals surface area (Å²) in [5.41, 5.74) is 2.57. The van der Waals surface area contributed by atoms with Crippen LogP contribution in [0.1, 0.15) is 77.3 Å². The second kappa shape index (κ2) is 14.4. The molecule has 0 saturated heterocycles. The Hall–Kier alpha value is -5.53. The molecule has 1 N–H and O–H groups in total. The van der Waals surface area contributed by atoms with Gasteiger partial charge < -0.3 is 19.7 Å². The summed E-state index contributed by atoms with van der Waals surface area (Å²) in [5, 5.41) is 0. The van der Waals surface area contributed by atoms with Crippen LogP contribution in [0.5, 0.6) is 0 Å². The van der Waals surface area contributed by atoms with Crippen molar-refractivity contribution in [2.24, 2.45) is 5.92 Å². The van der Waals surface area contributed by atoms with Crippen LogP contribution in [-0.2, 0) is 16.0 Å². The van der Waals surface area contributed by atoms with Crippen molar-refractivity contribution in [2.75, 3.05) is 26.6 Å². The van der Waals surface area contributed by atoms with Crippen LogP contribution in [0, 0.1) is 11.9 Å². The number of nitrogens with one attached hydrogen (secondary N) is 1. The van der Waals surface area contributed by atoms with Crippen molar-refractivity contribution in [2.45, 2.75) is 102 Å². The van der Waals surface area contributed by atoms with Gasteiger partial charge in [0, 0.05) is 60.5 Å². The highest BCUT2D eigenvalue weighted by Gasteiger charge is 2.46. The van der Waals surface area contributed by atoms with Crippen molar-refractivity contribution in [3.8, 4) is 22.8 Å². The first-order valence-electron chi connectivity index (χ1n) is 19.1. The SMILES string of the molecule is C=CN1C(=O)C(C(C)Cc2cc(-c3ncc4c(n3)N(C3CCCC3)C(CC)C(=O)N4C)cc(=O)[nH]2)N(C2CCCC2)c2nc(-c3ccnc(F)c3)ncc21. The molecule has 0 bridgehead atoms. The zero-order chi connectivity index (χ0) is 37.7. The molecule has 2 aliphatic carbocycles. The van der Waals surface area contributed by atoms with E-state index in [1.54, 1.807) is 30.4 Å². The molecule has 3 unspecified atom stereocenters. The molecule has 0 aromatic carbocycles. The van der Waals surface area contributed by atoms with Crippen LogP contribution in [0.3, 0.4) is 0 Å². The predicted molar refractivity (Wildman–Crippen MR) is 205 cm³/mol. The lowest BCUT2D eigenvalue weighted by Gasteiger charge is -2.46. The fourth-order valence-corrected chi connectivity index (χ4v) is 9.03. The normalized spacial score (nSPS) is 21.1. The summed E-state index contributed by atoms with van der Waals surface area (Å²) < 4.78 is 14.1. The number of carbonyl (C=O) groups excluding carboxylic acids is 2. The molecule has 54 heavy (non-hydrogen) atoms. The lowest BCUT2D eigenvalue weighted by atomic mass is 9.90. The van der Waals surface area contributed by atoms with E-state index in [-0.39, 0.29) is 41.4 Å². The van der Waals surface area contributed by atoms with Crippen molar-refractivity contribution in [1.29, 1.82) is 0 Å². The van der Waals surface area contributed by atoms with Gasteiger partial charge in [0.05, 0.1) is 12.4 Å². The van der Waals surface area contributed by atoms with Gasteiger partial charge in [-0.15, -0.1) is 0 Å². The summed E-state index contributed by atoms with van der Waals surface area (Å²) in [4.78, 5) is 74.5. The highest BCUT2D eigenvalue weighted by atomic mass is 19.1. The zero-order valence-electron chi connectivity index (χ0n) is 30.9. The number of halogens is 1. The summed E-state index contributed by atoms with van der Waals surface area (Å²) in [5.74, 6) is 1.000. The van der Waals surface area contributed by atoms with Crippen LogP contribution in [0.4, 0.5) is 27.4 Å². The molecule has 14 heteroatoms. The Labute approximate surface area is 313 Å². The molecule has 4 aromatic heterocycles. The van der Waals surface area contributed by atoms with Crippen LogP contribution in [0.15, 0.2) is 60.4 Å². The van der Waals surface area contributed by atoms with Gasteiger partial charge in [-0.05, 0) is 56.6 Å². The number of amides is 2. The standard InChI is InChI=1S/C40H45FN10O3/c1-5-29-39(53)48(4)30-21-43-36(47-37(30)50(29)27-11-7-8-12-27)25-18-26(45-33(52)20-25)17-23(3)34-40(54)49(6-2)31-22-44-35(24-15-16-42-32(41)19-24)46-38(31)51(34)28-13-9-10-14-28/h6,15-16,18-23,27-29,34H,2,5,7-14,17H2,1,3-4H3,(H,45,52). The lowest BCUT2D eigenvalue weighted by Crippen LogP contribution is -2.58. The highest BCUT2D eigenvalue weighted by molar-refractivity contribution is 6.06. The van der Waals surface area contributed by atoms with Crippen LogP contribution in [0.25, 0.3) is 22.8 Å². The maximum Gasteiger partial charge on any atom is 0.254 e. The Morgan fingerprint density at radius 3 is 2.15 bits per heavy atom. The average molecular weight is 733 g/mol. The van der Waals surface area contributed by atoms with Gasteiger partial charge in [-0.25, -0.2) is 24.9 Å². The number of anilines is 4. The van der Waals surface area contributed by atoms with E-state index in [4.69, 9.17) is 9.97 Å². The van der Waals surface area contributed by atoms with E-state index in [0.29, 0.717) is 58.5 Å². The molecule has 2 saturated carbocycles. The smallest absolute Gasteiger partial charge is 0.254 e. The maximum atomic E-state index is 14.4. The molecular weight excluding hydrogens is 688 g/mol. The molecule has 2 fully saturated rings. The number of hydrogen-bond acceptors (Lipinski definition) is 10. The number of aromatic amines is 1. The van der Waals surface area contributed by atoms with E-state index < -0.39 is 12.0 Å². The number of hydrogen-bond donors (Lipinski definition) is 1. The van der Waals surface area contributed by atoms with Gasteiger partial charge in [-0.2, -0.15) is 4.39 Å². The first-order valence-corrected chi connectivity index (χ1v) is 19.1. The Kier molecular flexibility index (Phi) is 9.44. The van der Waals surface area contributed by atoms with Gasteiger partial charge in [0.1, 0.15) is 23.5 Å². The molecule has 4 aliphatic rings. The van der Waals surface area contributed by atoms with E-state index in [2.05, 4.69) is 36.3 Å². The number of rotatable bonds is 9. The second-order valence-corrected chi connectivity index (χ2v) is 15.0. The van der Waals surface area contributed by atoms with Crippen molar-refractivity contribution in [1.82, 2.24) is 29.9 Å². The number of likely N-dealkylation sites (N-methyl/N-ethyl adjacent to an activating group) is 1. The summed E-state index contributed by atoms with van der Waals surface area (Å²) >= 11 is 0. The third-order valence-electron chi connectivity index (χ3n) is 11.6. The van der Waals surface area contributed by atoms with Gasteiger partial charge in [0.25, 0.3) is 5.91 Å². The van der Waals surface area contributed by atoms with Gasteiger partial charge >= 0.3 is 0 Å². The molecule has 0 radical (unpaired) electrons. The van der Waals surface area contributed by atoms with Gasteiger partial charge in [-0.1, -0.05) is 46.1 Å². The van der Waals surface area contributed by atoms with Crippen LogP contribution >= 0.6 is 0 Å². The van der Waals surface area contributed by atoms with Crippen LogP contribution in [-0.4, -0.2) is 72.9 Å². The van der Waals surface area contributed by atoms with Gasteiger partial charge in [-0.3, -0.25) is 19.3 Å². The van der Waals surface area contributed by atoms with E-state index in [1.807, 2.05) is 19.9 Å². The quantitative estimate of drug-likeness (QED) is 0.209. The third-order valence-corrected chi connectivity index (χ3v) is 11.6. The minimum atomic E-state index is -0.637. The Balaban J connectivity index is 1.15. The number of nitrogens with zero attached hydrogens (tertiary/aromatic N) is 9. The minimum Gasteiger partial charge on any atom is -0.340 e. The monoisotopic (exact) mass is 732 g/mol. The first-order chi connectivity index (χ1) is 26.2. The van der Waals surface area contributed by atoms with Gasteiger partial charge in [0.15, 0.2) is 23.3 Å². The fourth-order valence-electron chi connectivity index (χ4n) is 9.03. The van der Waals surface area contributed by atoms with Crippen molar-refractivity contribution in [3.63, 3.8) is 0 Å². The molecule has 6 heterocycles. The largest absolute Gasteiger partial charge is 0.340 e. The summed E-state index contributed by atoms with van der Waals surface area (Å²) in [6.07, 6.45) is 15.3. The first kappa shape index (κ1) is 35.5. The van der Waals surface area contributed by atoms with Crippen molar-refractivity contribution < 1.29 is 14.0 Å². The molecule has 4 aromatic rings. The van der Waals surface area contributed by atoms with Gasteiger partial charge in [0.2, 0.25) is 17.4 Å². The molecule has 3 atom stereocenters. The molecule has 280 valence electrons. The zero-order valence-corrected chi connectivity index (χ0v) is 30.9. The summed E-state index contributed by atoms with van der Waals surface area (Å²) in [7, 11) is 1.77. The van der Waals surface area contributed by atoms with Crippen LogP contribution in [0.2, 0.25) is 0 Å². The molecule has 8 rings (SSSR count). The van der Waals surface area contributed by atoms with Crippen molar-refractivity contribution in [3.05, 3.63) is 77.6 Å². The summed E-state index contributed by atoms with van der Waals surface area (Å²) in [6, 6.07) is 5.66. The average Bonchev–Trinajstić information content (AvgIpc) is 3.91. The fraction of sp³-hybridized carbons (Fsp3) is 0.450.